The molecular formula is C17H13NO6S. The number of aromatic carboxylic acids is 1. The molecule has 1 aliphatic heterocycles. The van der Waals surface area contributed by atoms with Crippen molar-refractivity contribution in [1.29, 1.82) is 0 Å². The Labute approximate surface area is 143 Å². The van der Waals surface area contributed by atoms with Gasteiger partial charge in [-0.15, -0.1) is 0 Å². The van der Waals surface area contributed by atoms with Crippen molar-refractivity contribution in [1.82, 2.24) is 4.31 Å². The number of aliphatic hydroxyl groups excluding tert-OH is 1. The SMILES string of the molecule is CN1/C(=C(\O)c2ccc(C(=O)O)cc2)C(=O)c2ccccc2S1(=O)=O. The zero-order valence-electron chi connectivity index (χ0n) is 13.0. The number of likely N-dealkylation sites (N-methyl/N-ethyl adjacent to an activating group) is 1. The lowest BCUT2D eigenvalue weighted by Gasteiger charge is -2.28. The zero-order chi connectivity index (χ0) is 18.4. The van der Waals surface area contributed by atoms with Gasteiger partial charge in [0.25, 0.3) is 10.0 Å². The quantitative estimate of drug-likeness (QED) is 0.627. The van der Waals surface area contributed by atoms with Gasteiger partial charge in [0.15, 0.2) is 5.76 Å². The van der Waals surface area contributed by atoms with Crippen LogP contribution in [0, 0.1) is 0 Å². The van der Waals surface area contributed by atoms with Crippen molar-refractivity contribution in [3.05, 3.63) is 70.9 Å². The van der Waals surface area contributed by atoms with E-state index in [1.54, 1.807) is 0 Å². The van der Waals surface area contributed by atoms with Gasteiger partial charge in [0.05, 0.1) is 10.5 Å². The summed E-state index contributed by atoms with van der Waals surface area (Å²) >= 11 is 0. The van der Waals surface area contributed by atoms with E-state index < -0.39 is 27.5 Å². The number of aliphatic hydroxyl groups is 1. The maximum atomic E-state index is 12.7. The van der Waals surface area contributed by atoms with Gasteiger partial charge in [0, 0.05) is 18.2 Å². The van der Waals surface area contributed by atoms with Gasteiger partial charge in [-0.2, -0.15) is 0 Å². The van der Waals surface area contributed by atoms with Crippen LogP contribution in [-0.2, 0) is 10.0 Å². The summed E-state index contributed by atoms with van der Waals surface area (Å²) < 4.78 is 25.9. The second kappa shape index (κ2) is 5.75. The number of carbonyl (C=O) groups excluding carboxylic acids is 1. The molecule has 0 fully saturated rings. The predicted molar refractivity (Wildman–Crippen MR) is 88.7 cm³/mol. The number of benzene rings is 2. The van der Waals surface area contributed by atoms with E-state index in [9.17, 15) is 23.1 Å². The van der Waals surface area contributed by atoms with Crippen molar-refractivity contribution < 1.29 is 28.2 Å². The molecule has 2 aromatic rings. The zero-order valence-corrected chi connectivity index (χ0v) is 13.8. The number of carbonyl (C=O) groups is 2. The van der Waals surface area contributed by atoms with Crippen molar-refractivity contribution in [3.8, 4) is 0 Å². The number of sulfonamides is 1. The molecule has 128 valence electrons. The highest BCUT2D eigenvalue weighted by atomic mass is 32.2. The molecule has 0 amide bonds. The Balaban J connectivity index is 2.20. The number of carboxylic acids is 1. The second-order valence-electron chi connectivity index (χ2n) is 5.38. The van der Waals surface area contributed by atoms with Crippen LogP contribution in [0.2, 0.25) is 0 Å². The highest BCUT2D eigenvalue weighted by Crippen LogP contribution is 2.34. The molecule has 3 rings (SSSR count). The minimum Gasteiger partial charge on any atom is -0.505 e. The Morgan fingerprint density at radius 3 is 2.12 bits per heavy atom. The third-order valence-corrected chi connectivity index (χ3v) is 5.75. The monoisotopic (exact) mass is 359 g/mol. The first-order valence-electron chi connectivity index (χ1n) is 7.15. The Morgan fingerprint density at radius 2 is 1.52 bits per heavy atom. The first-order valence-corrected chi connectivity index (χ1v) is 8.59. The maximum absolute atomic E-state index is 12.7. The Morgan fingerprint density at radius 1 is 0.960 bits per heavy atom. The Kier molecular flexibility index (Phi) is 3.84. The van der Waals surface area contributed by atoms with Crippen molar-refractivity contribution >= 4 is 27.5 Å². The minimum atomic E-state index is -3.98. The lowest BCUT2D eigenvalue weighted by atomic mass is 10.0. The predicted octanol–water partition coefficient (Wildman–Crippen LogP) is 2.13. The van der Waals surface area contributed by atoms with E-state index in [1.807, 2.05) is 0 Å². The number of rotatable bonds is 2. The lowest BCUT2D eigenvalue weighted by Crippen LogP contribution is -2.37. The second-order valence-corrected chi connectivity index (χ2v) is 7.32. The summed E-state index contributed by atoms with van der Waals surface area (Å²) in [6, 6.07) is 10.9. The summed E-state index contributed by atoms with van der Waals surface area (Å²) in [5.41, 5.74) is -0.274. The number of hydrogen-bond acceptors (Lipinski definition) is 5. The van der Waals surface area contributed by atoms with Crippen molar-refractivity contribution in [2.24, 2.45) is 0 Å². The highest BCUT2D eigenvalue weighted by Gasteiger charge is 2.39. The molecular weight excluding hydrogens is 346 g/mol. The molecule has 0 radical (unpaired) electrons. The minimum absolute atomic E-state index is 0.00263. The van der Waals surface area contributed by atoms with Gasteiger partial charge >= 0.3 is 5.97 Å². The molecule has 2 aromatic carbocycles. The Bertz CT molecular complexity index is 1020. The fourth-order valence-corrected chi connectivity index (χ4v) is 3.98. The molecule has 7 nitrogen and oxygen atoms in total. The van der Waals surface area contributed by atoms with Crippen LogP contribution in [0.5, 0.6) is 0 Å². The fraction of sp³-hybridized carbons (Fsp3) is 0.0588. The number of carboxylic acid groups (broad SMARTS) is 1. The molecule has 0 bridgehead atoms. The van der Waals surface area contributed by atoms with Gasteiger partial charge in [-0.25, -0.2) is 13.2 Å². The first kappa shape index (κ1) is 16.7. The van der Waals surface area contributed by atoms with Gasteiger partial charge in [-0.3, -0.25) is 9.10 Å². The van der Waals surface area contributed by atoms with Crippen LogP contribution in [0.4, 0.5) is 0 Å². The van der Waals surface area contributed by atoms with Crippen LogP contribution >= 0.6 is 0 Å². The largest absolute Gasteiger partial charge is 0.505 e. The number of nitrogens with zero attached hydrogens (tertiary/aromatic N) is 1. The van der Waals surface area contributed by atoms with Crippen LogP contribution < -0.4 is 0 Å². The van der Waals surface area contributed by atoms with Crippen molar-refractivity contribution in [2.75, 3.05) is 7.05 Å². The van der Waals surface area contributed by atoms with Crippen LogP contribution in [0.15, 0.2) is 59.1 Å². The molecule has 0 saturated heterocycles. The molecule has 25 heavy (non-hydrogen) atoms. The molecule has 0 saturated carbocycles. The maximum Gasteiger partial charge on any atom is 0.335 e. The van der Waals surface area contributed by atoms with E-state index in [1.165, 1.54) is 55.6 Å². The number of hydrogen-bond donors (Lipinski definition) is 2. The first-order chi connectivity index (χ1) is 11.7. The van der Waals surface area contributed by atoms with E-state index in [4.69, 9.17) is 5.11 Å². The topological polar surface area (TPSA) is 112 Å². The third-order valence-electron chi connectivity index (χ3n) is 3.93. The molecule has 1 heterocycles. The number of fused-ring (bicyclic) bond motifs is 1. The fourth-order valence-electron chi connectivity index (χ4n) is 2.58. The average molecular weight is 359 g/mol. The number of allylic oxidation sites excluding steroid dienone is 1. The number of ketones is 1. The molecule has 0 spiro atoms. The van der Waals surface area contributed by atoms with E-state index in [0.29, 0.717) is 0 Å². The average Bonchev–Trinajstić information content (AvgIpc) is 2.60. The summed E-state index contributed by atoms with van der Waals surface area (Å²) in [5, 5.41) is 19.4. The standard InChI is InChI=1S/C17H13NO6S/c1-18-14(15(19)10-6-8-11(9-7-10)17(21)22)16(20)12-4-2-3-5-13(12)25(18,23)24/h2-9,19H,1H3,(H,21,22)/b15-14-. The normalized spacial score (nSPS) is 17.8. The van der Waals surface area contributed by atoms with Gasteiger partial charge in [-0.05, 0) is 24.3 Å². The van der Waals surface area contributed by atoms with Gasteiger partial charge in [-0.1, -0.05) is 24.3 Å². The molecule has 2 N–H and O–H groups in total. The highest BCUT2D eigenvalue weighted by molar-refractivity contribution is 7.89. The van der Waals surface area contributed by atoms with E-state index in [-0.39, 0.29) is 27.3 Å². The summed E-state index contributed by atoms with van der Waals surface area (Å²) in [7, 11) is -2.80. The lowest BCUT2D eigenvalue weighted by molar-refractivity contribution is 0.0696. The molecule has 0 atom stereocenters. The van der Waals surface area contributed by atoms with Gasteiger partial charge in [0.1, 0.15) is 5.70 Å². The summed E-state index contributed by atoms with van der Waals surface area (Å²) in [6.07, 6.45) is 0. The van der Waals surface area contributed by atoms with E-state index in [2.05, 4.69) is 0 Å². The summed E-state index contributed by atoms with van der Waals surface area (Å²) in [6.45, 7) is 0. The molecule has 8 heteroatoms. The summed E-state index contributed by atoms with van der Waals surface area (Å²) in [5.74, 6) is -2.31. The molecule has 0 aromatic heterocycles. The van der Waals surface area contributed by atoms with Crippen LogP contribution in [0.25, 0.3) is 5.76 Å². The van der Waals surface area contributed by atoms with E-state index >= 15 is 0 Å². The summed E-state index contributed by atoms with van der Waals surface area (Å²) in [4.78, 5) is 23.5. The van der Waals surface area contributed by atoms with E-state index in [0.717, 1.165) is 4.31 Å². The van der Waals surface area contributed by atoms with Crippen molar-refractivity contribution in [3.63, 3.8) is 0 Å². The van der Waals surface area contributed by atoms with Crippen LogP contribution in [0.3, 0.4) is 0 Å². The van der Waals surface area contributed by atoms with Crippen LogP contribution in [-0.4, -0.2) is 41.7 Å². The Hall–Kier alpha value is -3.13. The molecule has 1 aliphatic rings. The van der Waals surface area contributed by atoms with Crippen LogP contribution in [0.1, 0.15) is 26.3 Å². The third kappa shape index (κ3) is 2.56. The smallest absolute Gasteiger partial charge is 0.335 e. The van der Waals surface area contributed by atoms with Crippen molar-refractivity contribution in [2.45, 2.75) is 4.90 Å². The molecule has 0 aliphatic carbocycles. The molecule has 0 unspecified atom stereocenters. The number of Topliss-reactive ketones (excluding diaryl/α,β-unsaturated/α-hetero) is 1. The van der Waals surface area contributed by atoms with Gasteiger partial charge < -0.3 is 10.2 Å². The van der Waals surface area contributed by atoms with Gasteiger partial charge in [0.2, 0.25) is 5.78 Å².